The van der Waals surface area contributed by atoms with Gasteiger partial charge in [0.15, 0.2) is 0 Å². The van der Waals surface area contributed by atoms with Crippen LogP contribution in [0.1, 0.15) is 23.9 Å². The van der Waals surface area contributed by atoms with Gasteiger partial charge in [-0.15, -0.1) is 0 Å². The molecule has 1 unspecified atom stereocenters. The predicted molar refractivity (Wildman–Crippen MR) is 80.3 cm³/mol. The van der Waals surface area contributed by atoms with Crippen molar-refractivity contribution in [1.82, 2.24) is 14.9 Å². The number of aromatic nitrogens is 2. The van der Waals surface area contributed by atoms with Crippen LogP contribution in [0.2, 0.25) is 0 Å². The quantitative estimate of drug-likeness (QED) is 0.911. The van der Waals surface area contributed by atoms with Crippen molar-refractivity contribution in [3.05, 3.63) is 47.8 Å². The van der Waals surface area contributed by atoms with E-state index in [1.165, 1.54) is 12.1 Å². The van der Waals surface area contributed by atoms with Crippen molar-refractivity contribution >= 4 is 5.91 Å². The van der Waals surface area contributed by atoms with Crippen molar-refractivity contribution in [2.75, 3.05) is 13.2 Å². The van der Waals surface area contributed by atoms with Gasteiger partial charge < -0.3 is 19.4 Å². The molecule has 3 rings (SSSR count). The molecular weight excluding hydrogens is 301 g/mol. The molecule has 0 fully saturated rings. The number of hydrogen-bond acceptors (Lipinski definition) is 4. The highest BCUT2D eigenvalue weighted by Crippen LogP contribution is 2.32. The van der Waals surface area contributed by atoms with Crippen LogP contribution in [0.4, 0.5) is 4.39 Å². The molecule has 0 aliphatic carbocycles. The molecule has 122 valence electrons. The molecule has 0 radical (unpaired) electrons. The van der Waals surface area contributed by atoms with E-state index < -0.39 is 0 Å². The topological polar surface area (TPSA) is 65.4 Å². The molecule has 2 heterocycles. The second kappa shape index (κ2) is 6.78. The fourth-order valence-corrected chi connectivity index (χ4v) is 2.52. The first-order valence-corrected chi connectivity index (χ1v) is 7.39. The number of carbonyl (C=O) groups excluding carboxylic acids is 1. The Balaban J connectivity index is 1.55. The number of nitrogens with zero attached hydrogens (tertiary/aromatic N) is 2. The van der Waals surface area contributed by atoms with Crippen LogP contribution in [0.5, 0.6) is 5.75 Å². The number of ether oxygens (including phenoxy) is 2. The van der Waals surface area contributed by atoms with E-state index in [9.17, 15) is 9.18 Å². The van der Waals surface area contributed by atoms with E-state index in [1.54, 1.807) is 12.3 Å². The molecule has 6 nitrogen and oxygen atoms in total. The number of halogens is 1. The fraction of sp³-hybridized carbons (Fsp3) is 0.375. The summed E-state index contributed by atoms with van der Waals surface area (Å²) in [5.41, 5.74) is 0.661. The number of amides is 1. The fourth-order valence-electron chi connectivity index (χ4n) is 2.52. The molecule has 23 heavy (non-hydrogen) atoms. The van der Waals surface area contributed by atoms with Gasteiger partial charge >= 0.3 is 0 Å². The number of hydrogen-bond donors (Lipinski definition) is 1. The van der Waals surface area contributed by atoms with Crippen molar-refractivity contribution in [1.29, 1.82) is 0 Å². The Hall–Kier alpha value is -2.41. The van der Waals surface area contributed by atoms with Gasteiger partial charge in [-0.3, -0.25) is 4.79 Å². The van der Waals surface area contributed by atoms with Crippen LogP contribution >= 0.6 is 0 Å². The third-order valence-electron chi connectivity index (χ3n) is 3.73. The highest BCUT2D eigenvalue weighted by Gasteiger charge is 2.23. The van der Waals surface area contributed by atoms with Gasteiger partial charge in [0.1, 0.15) is 30.6 Å². The molecule has 7 heteroatoms. The Morgan fingerprint density at radius 1 is 1.57 bits per heavy atom. The maximum absolute atomic E-state index is 13.4. The van der Waals surface area contributed by atoms with Gasteiger partial charge in [0.2, 0.25) is 5.91 Å². The molecule has 1 aromatic carbocycles. The number of rotatable bonds is 5. The van der Waals surface area contributed by atoms with E-state index >= 15 is 0 Å². The molecule has 2 aromatic rings. The van der Waals surface area contributed by atoms with E-state index in [0.717, 1.165) is 5.82 Å². The molecule has 1 N–H and O–H groups in total. The zero-order chi connectivity index (χ0) is 16.2. The summed E-state index contributed by atoms with van der Waals surface area (Å²) >= 11 is 0. The van der Waals surface area contributed by atoms with E-state index in [4.69, 9.17) is 9.47 Å². The van der Waals surface area contributed by atoms with Crippen LogP contribution in [0.3, 0.4) is 0 Å². The highest BCUT2D eigenvalue weighted by molar-refractivity contribution is 5.77. The highest BCUT2D eigenvalue weighted by atomic mass is 19.1. The lowest BCUT2D eigenvalue weighted by molar-refractivity contribution is -0.127. The van der Waals surface area contributed by atoms with E-state index in [1.807, 2.05) is 17.8 Å². The summed E-state index contributed by atoms with van der Waals surface area (Å²) in [5, 5.41) is 2.86. The first-order chi connectivity index (χ1) is 11.1. The number of aryl methyl sites for hydroxylation is 1. The molecule has 1 aliphatic heterocycles. The van der Waals surface area contributed by atoms with Crippen LogP contribution < -0.4 is 10.1 Å². The standard InChI is InChI=1S/C16H18FN3O3/c1-20-6-5-18-15(20)9-22-10-16(21)19-13-4-7-23-14-3-2-11(17)8-12(13)14/h2-3,5-6,8,13H,4,7,9-10H2,1H3,(H,19,21). The average molecular weight is 319 g/mol. The summed E-state index contributed by atoms with van der Waals surface area (Å²) in [4.78, 5) is 16.1. The molecule has 0 bridgehead atoms. The molecule has 1 aliphatic rings. The summed E-state index contributed by atoms with van der Waals surface area (Å²) in [6, 6.07) is 4.06. The minimum absolute atomic E-state index is 0.0745. The summed E-state index contributed by atoms with van der Waals surface area (Å²) < 4.78 is 26.1. The summed E-state index contributed by atoms with van der Waals surface area (Å²) in [5.74, 6) is 0.758. The Morgan fingerprint density at radius 2 is 2.43 bits per heavy atom. The SMILES string of the molecule is Cn1ccnc1COCC(=O)NC1CCOc2ccc(F)cc21. The van der Waals surface area contributed by atoms with Crippen LogP contribution in [-0.4, -0.2) is 28.7 Å². The zero-order valence-corrected chi connectivity index (χ0v) is 12.8. The van der Waals surface area contributed by atoms with Crippen LogP contribution in [0.25, 0.3) is 0 Å². The smallest absolute Gasteiger partial charge is 0.246 e. The number of nitrogens with one attached hydrogen (secondary N) is 1. The minimum atomic E-state index is -0.348. The number of benzene rings is 1. The van der Waals surface area contributed by atoms with Crippen molar-refractivity contribution in [3.8, 4) is 5.75 Å². The second-order valence-electron chi connectivity index (χ2n) is 5.39. The predicted octanol–water partition coefficient (Wildman–Crippen LogP) is 1.72. The van der Waals surface area contributed by atoms with Crippen LogP contribution in [0, 0.1) is 5.82 Å². The van der Waals surface area contributed by atoms with Crippen molar-refractivity contribution in [2.45, 2.75) is 19.1 Å². The van der Waals surface area contributed by atoms with Gasteiger partial charge in [0.05, 0.1) is 12.6 Å². The van der Waals surface area contributed by atoms with Gasteiger partial charge in [0.25, 0.3) is 0 Å². The van der Waals surface area contributed by atoms with Gasteiger partial charge in [-0.05, 0) is 18.2 Å². The summed E-state index contributed by atoms with van der Waals surface area (Å²) in [6.07, 6.45) is 4.08. The third kappa shape index (κ3) is 3.68. The van der Waals surface area contributed by atoms with Crippen molar-refractivity contribution < 1.29 is 18.7 Å². The lowest BCUT2D eigenvalue weighted by atomic mass is 10.0. The van der Waals surface area contributed by atoms with Crippen molar-refractivity contribution in [2.24, 2.45) is 7.05 Å². The Bertz CT molecular complexity index is 702. The largest absolute Gasteiger partial charge is 0.493 e. The normalized spacial score (nSPS) is 16.5. The third-order valence-corrected chi connectivity index (χ3v) is 3.73. The molecule has 0 spiro atoms. The molecule has 1 aromatic heterocycles. The average Bonchev–Trinajstić information content (AvgIpc) is 2.93. The minimum Gasteiger partial charge on any atom is -0.493 e. The molecule has 0 saturated heterocycles. The summed E-state index contributed by atoms with van der Waals surface area (Å²) in [6.45, 7) is 0.669. The molecule has 1 atom stereocenters. The first-order valence-electron chi connectivity index (χ1n) is 7.39. The Labute approximate surface area is 133 Å². The monoisotopic (exact) mass is 319 g/mol. The van der Waals surface area contributed by atoms with Crippen LogP contribution in [-0.2, 0) is 23.2 Å². The molecular formula is C16H18FN3O3. The van der Waals surface area contributed by atoms with E-state index in [0.29, 0.717) is 24.3 Å². The number of fused-ring (bicyclic) bond motifs is 1. The number of imidazole rings is 1. The molecule has 1 amide bonds. The molecule has 0 saturated carbocycles. The summed E-state index contributed by atoms with van der Waals surface area (Å²) in [7, 11) is 1.86. The Kier molecular flexibility index (Phi) is 4.57. The van der Waals surface area contributed by atoms with Gasteiger partial charge in [-0.25, -0.2) is 9.37 Å². The van der Waals surface area contributed by atoms with Gasteiger partial charge in [-0.2, -0.15) is 0 Å². The maximum atomic E-state index is 13.4. The van der Waals surface area contributed by atoms with E-state index in [-0.39, 0.29) is 31.0 Å². The van der Waals surface area contributed by atoms with Gasteiger partial charge in [0, 0.05) is 31.4 Å². The first kappa shape index (κ1) is 15.5. The second-order valence-corrected chi connectivity index (χ2v) is 5.39. The van der Waals surface area contributed by atoms with Crippen molar-refractivity contribution in [3.63, 3.8) is 0 Å². The lowest BCUT2D eigenvalue weighted by Crippen LogP contribution is -2.34. The van der Waals surface area contributed by atoms with Gasteiger partial charge in [-0.1, -0.05) is 0 Å². The zero-order valence-electron chi connectivity index (χ0n) is 12.8. The Morgan fingerprint density at radius 3 is 3.22 bits per heavy atom. The maximum Gasteiger partial charge on any atom is 0.246 e. The van der Waals surface area contributed by atoms with E-state index in [2.05, 4.69) is 10.3 Å². The number of carbonyl (C=O) groups is 1. The lowest BCUT2D eigenvalue weighted by Gasteiger charge is -2.26. The van der Waals surface area contributed by atoms with Crippen LogP contribution in [0.15, 0.2) is 30.6 Å².